The number of nitrogens with zero attached hydrogens (tertiary/aromatic N) is 3. The number of rotatable bonds is 10. The highest BCUT2D eigenvalue weighted by atomic mass is 16.6. The Morgan fingerprint density at radius 3 is 2.64 bits per heavy atom. The molecule has 2 atom stereocenters. The summed E-state index contributed by atoms with van der Waals surface area (Å²) >= 11 is 0. The van der Waals surface area contributed by atoms with Gasteiger partial charge in [0.15, 0.2) is 0 Å². The van der Waals surface area contributed by atoms with E-state index in [1.807, 2.05) is 25.1 Å². The third-order valence-corrected chi connectivity index (χ3v) is 7.96. The highest BCUT2D eigenvalue weighted by Crippen LogP contribution is 2.41. The van der Waals surface area contributed by atoms with Crippen molar-refractivity contribution in [2.75, 3.05) is 14.1 Å². The van der Waals surface area contributed by atoms with Crippen LogP contribution < -0.4 is 5.56 Å². The number of hydrogen-bond acceptors (Lipinski definition) is 10. The molecule has 5 rings (SSSR count). The van der Waals surface area contributed by atoms with Crippen LogP contribution in [0.25, 0.3) is 22.3 Å². The van der Waals surface area contributed by atoms with Crippen LogP contribution in [-0.4, -0.2) is 62.6 Å². The zero-order valence-corrected chi connectivity index (χ0v) is 24.2. The Bertz CT molecular complexity index is 1660. The molecule has 0 amide bonds. The Morgan fingerprint density at radius 2 is 1.95 bits per heavy atom. The van der Waals surface area contributed by atoms with E-state index in [9.17, 15) is 29.4 Å². The second kappa shape index (κ2) is 11.3. The first-order valence-electron chi connectivity index (χ1n) is 14.1. The van der Waals surface area contributed by atoms with Gasteiger partial charge < -0.3 is 29.2 Å². The molecule has 0 fully saturated rings. The van der Waals surface area contributed by atoms with Gasteiger partial charge in [0.05, 0.1) is 41.5 Å². The second-order valence-corrected chi connectivity index (χ2v) is 11.3. The molecule has 222 valence electrons. The maximum Gasteiger partial charge on any atom is 0.355 e. The number of hydrogen-bond donors (Lipinski definition) is 2. The fraction of sp³-hybridized carbons (Fsp3) is 0.452. The van der Waals surface area contributed by atoms with Crippen molar-refractivity contribution in [1.29, 1.82) is 0 Å². The molecular formula is C31H35N3O8. The molecule has 42 heavy (non-hydrogen) atoms. The smallest absolute Gasteiger partial charge is 0.355 e. The van der Waals surface area contributed by atoms with Crippen LogP contribution in [-0.2, 0) is 49.2 Å². The number of ketones is 1. The summed E-state index contributed by atoms with van der Waals surface area (Å²) in [5.41, 5.74) is 1.52. The summed E-state index contributed by atoms with van der Waals surface area (Å²) in [6.07, 6.45) is -0.501. The van der Waals surface area contributed by atoms with Crippen LogP contribution in [0.2, 0.25) is 0 Å². The monoisotopic (exact) mass is 577 g/mol. The van der Waals surface area contributed by atoms with E-state index in [1.165, 1.54) is 0 Å². The maximum absolute atomic E-state index is 13.8. The van der Waals surface area contributed by atoms with Gasteiger partial charge in [0.1, 0.15) is 18.1 Å². The minimum absolute atomic E-state index is 0.0224. The van der Waals surface area contributed by atoms with Crippen LogP contribution in [0.4, 0.5) is 0 Å². The molecular weight excluding hydrogens is 542 g/mol. The van der Waals surface area contributed by atoms with Gasteiger partial charge in [-0.15, -0.1) is 0 Å². The molecule has 0 saturated carbocycles. The second-order valence-electron chi connectivity index (χ2n) is 11.3. The highest BCUT2D eigenvalue weighted by Gasteiger charge is 2.50. The Labute approximate surface area is 242 Å². The van der Waals surface area contributed by atoms with Crippen molar-refractivity contribution in [2.24, 2.45) is 0 Å². The molecule has 0 bridgehead atoms. The number of Topliss-reactive ketones (excluding diaryl/α,β-unsaturated/α-hetero) is 1. The van der Waals surface area contributed by atoms with Crippen molar-refractivity contribution in [3.63, 3.8) is 0 Å². The number of cyclic esters (lactones) is 1. The number of pyridine rings is 2. The predicted octanol–water partition coefficient (Wildman–Crippen LogP) is 2.91. The van der Waals surface area contributed by atoms with Gasteiger partial charge in [-0.2, -0.15) is 0 Å². The number of fused-ring (bicyclic) bond motifs is 5. The number of aromatic nitrogens is 2. The Hall–Kier alpha value is -4.09. The lowest BCUT2D eigenvalue weighted by atomic mass is 9.85. The molecule has 0 saturated heterocycles. The normalized spacial score (nSPS) is 17.9. The van der Waals surface area contributed by atoms with Crippen molar-refractivity contribution >= 4 is 28.6 Å². The highest BCUT2D eigenvalue weighted by molar-refractivity contribution is 5.90. The average Bonchev–Trinajstić information content (AvgIpc) is 3.30. The van der Waals surface area contributed by atoms with Gasteiger partial charge in [0.2, 0.25) is 5.60 Å². The molecule has 11 nitrogen and oxygen atoms in total. The summed E-state index contributed by atoms with van der Waals surface area (Å²) in [6, 6.07) is 6.95. The molecule has 2 aliphatic heterocycles. The Morgan fingerprint density at radius 1 is 1.19 bits per heavy atom. The zero-order valence-electron chi connectivity index (χ0n) is 24.2. The Balaban J connectivity index is 1.53. The summed E-state index contributed by atoms with van der Waals surface area (Å²) in [4.78, 5) is 58.8. The number of benzene rings is 1. The molecule has 0 radical (unpaired) electrons. The van der Waals surface area contributed by atoms with Crippen molar-refractivity contribution in [1.82, 2.24) is 14.5 Å². The van der Waals surface area contributed by atoms with Gasteiger partial charge in [0, 0.05) is 41.5 Å². The number of carbonyl (C=O) groups excluding carboxylic acids is 3. The van der Waals surface area contributed by atoms with E-state index in [0.717, 1.165) is 16.5 Å². The van der Waals surface area contributed by atoms with Crippen LogP contribution in [0.1, 0.15) is 68.2 Å². The summed E-state index contributed by atoms with van der Waals surface area (Å²) in [5.74, 6) is -1.57. The molecule has 2 N–H and O–H groups in total. The summed E-state index contributed by atoms with van der Waals surface area (Å²) < 4.78 is 12.7. The number of phenolic OH excluding ortho intramolecular Hbond substituents is 1. The number of ether oxygens (including phenoxy) is 2. The first-order chi connectivity index (χ1) is 19.9. The van der Waals surface area contributed by atoms with E-state index in [2.05, 4.69) is 0 Å². The van der Waals surface area contributed by atoms with Gasteiger partial charge in [-0.05, 0) is 58.1 Å². The SMILES string of the molecule is CCC1(OC(=O)CCC(=O)CCC(C)O)C(=O)OCc2c1cc1n(c2=O)Cc2cc3c(CN(C)C)c(O)ccc3nc2-1. The molecule has 11 heteroatoms. The number of carbonyl (C=O) groups is 3. The molecule has 2 unspecified atom stereocenters. The molecule has 2 aromatic heterocycles. The van der Waals surface area contributed by atoms with Crippen molar-refractivity contribution in [2.45, 2.75) is 77.4 Å². The quantitative estimate of drug-likeness (QED) is 0.270. The minimum Gasteiger partial charge on any atom is -0.508 e. The van der Waals surface area contributed by atoms with Crippen LogP contribution in [0.3, 0.4) is 0 Å². The first-order valence-corrected chi connectivity index (χ1v) is 14.1. The number of aliphatic hydroxyl groups excluding tert-OH is 1. The number of aromatic hydroxyl groups is 1. The van der Waals surface area contributed by atoms with Crippen LogP contribution in [0, 0.1) is 0 Å². The van der Waals surface area contributed by atoms with Crippen molar-refractivity contribution in [3.05, 3.63) is 56.9 Å². The Kier molecular flexibility index (Phi) is 7.91. The average molecular weight is 578 g/mol. The summed E-state index contributed by atoms with van der Waals surface area (Å²) in [6.45, 7) is 3.75. The molecule has 0 aliphatic carbocycles. The summed E-state index contributed by atoms with van der Waals surface area (Å²) in [5, 5.41) is 20.7. The number of phenols is 1. The van der Waals surface area contributed by atoms with Gasteiger partial charge in [-0.3, -0.25) is 14.4 Å². The fourth-order valence-electron chi connectivity index (χ4n) is 5.72. The number of esters is 2. The van der Waals surface area contributed by atoms with E-state index in [0.29, 0.717) is 29.9 Å². The van der Waals surface area contributed by atoms with Gasteiger partial charge in [-0.25, -0.2) is 9.78 Å². The minimum atomic E-state index is -1.84. The molecule has 1 aromatic carbocycles. The maximum atomic E-state index is 13.8. The van der Waals surface area contributed by atoms with E-state index >= 15 is 0 Å². The third-order valence-electron chi connectivity index (χ3n) is 7.96. The summed E-state index contributed by atoms with van der Waals surface area (Å²) in [7, 11) is 3.82. The topological polar surface area (TPSA) is 148 Å². The third kappa shape index (κ3) is 5.18. The molecule has 3 aromatic rings. The molecule has 0 spiro atoms. The molecule has 4 heterocycles. The standard InChI is InChI=1S/C31H35N3O8/c1-5-31(42-27(38)11-8-19(36)7-6-17(2)35)23-13-25-28-18(14-34(25)29(39)22(23)16-41-30(31)40)12-20-21(15-33(3)4)26(37)10-9-24(20)32-28/h9-10,12-13,17,35,37H,5-8,11,14-16H2,1-4H3. The van der Waals surface area contributed by atoms with Crippen LogP contribution in [0.15, 0.2) is 29.1 Å². The van der Waals surface area contributed by atoms with E-state index in [1.54, 1.807) is 36.6 Å². The zero-order chi connectivity index (χ0) is 30.3. The van der Waals surface area contributed by atoms with Gasteiger partial charge in [-0.1, -0.05) is 6.92 Å². The van der Waals surface area contributed by atoms with Crippen LogP contribution in [0.5, 0.6) is 5.75 Å². The lowest BCUT2D eigenvalue weighted by molar-refractivity contribution is -0.189. The number of aliphatic hydroxyl groups is 1. The van der Waals surface area contributed by atoms with Gasteiger partial charge >= 0.3 is 11.9 Å². The first kappa shape index (κ1) is 29.4. The lowest BCUT2D eigenvalue weighted by Gasteiger charge is -2.35. The van der Waals surface area contributed by atoms with Crippen LogP contribution >= 0.6 is 0 Å². The largest absolute Gasteiger partial charge is 0.508 e. The predicted molar refractivity (Wildman–Crippen MR) is 153 cm³/mol. The van der Waals surface area contributed by atoms with Gasteiger partial charge in [0.25, 0.3) is 5.56 Å². The van der Waals surface area contributed by atoms with E-state index in [-0.39, 0.29) is 67.1 Å². The van der Waals surface area contributed by atoms with E-state index in [4.69, 9.17) is 14.5 Å². The lowest BCUT2D eigenvalue weighted by Crippen LogP contribution is -2.47. The van der Waals surface area contributed by atoms with Crippen molar-refractivity contribution < 1.29 is 34.1 Å². The fourth-order valence-corrected chi connectivity index (χ4v) is 5.72. The molecule has 2 aliphatic rings. The van der Waals surface area contributed by atoms with E-state index < -0.39 is 23.6 Å². The van der Waals surface area contributed by atoms with Crippen molar-refractivity contribution in [3.8, 4) is 17.1 Å².